The lowest BCUT2D eigenvalue weighted by molar-refractivity contribution is 0.0925. The maximum atomic E-state index is 12.2. The molecule has 1 aromatic rings. The molecule has 0 fully saturated rings. The van der Waals surface area contributed by atoms with Gasteiger partial charge in [-0.3, -0.25) is 4.79 Å². The smallest absolute Gasteiger partial charge is 0.256 e. The minimum absolute atomic E-state index is 0.272. The number of nitrogens with one attached hydrogen (secondary N) is 1. The van der Waals surface area contributed by atoms with Gasteiger partial charge in [-0.05, 0) is 13.8 Å². The third kappa shape index (κ3) is 3.32. The summed E-state index contributed by atoms with van der Waals surface area (Å²) in [7, 11) is 4.43. The minimum atomic E-state index is -0.977. The van der Waals surface area contributed by atoms with Gasteiger partial charge in [0.15, 0.2) is 11.5 Å². The molecule has 1 amide bonds. The van der Waals surface area contributed by atoms with Gasteiger partial charge in [0.1, 0.15) is 11.3 Å². The molecule has 0 aliphatic carbocycles. The van der Waals surface area contributed by atoms with Crippen LogP contribution in [0.1, 0.15) is 24.2 Å². The number of nitriles is 1. The molecule has 0 unspecified atom stereocenters. The van der Waals surface area contributed by atoms with Crippen LogP contribution in [0.3, 0.4) is 0 Å². The van der Waals surface area contributed by atoms with Gasteiger partial charge in [-0.15, -0.1) is 0 Å². The third-order valence-electron chi connectivity index (χ3n) is 2.66. The number of nitrogens with zero attached hydrogens (tertiary/aromatic N) is 1. The Hall–Kier alpha value is -2.42. The first kappa shape index (κ1) is 15.6. The Morgan fingerprint density at radius 3 is 2.05 bits per heavy atom. The summed E-state index contributed by atoms with van der Waals surface area (Å²) in [6.45, 7) is 3.22. The average Bonchev–Trinajstić information content (AvgIpc) is 2.45. The van der Waals surface area contributed by atoms with Gasteiger partial charge in [0.2, 0.25) is 0 Å². The highest BCUT2D eigenvalue weighted by Gasteiger charge is 2.24. The van der Waals surface area contributed by atoms with Gasteiger partial charge in [-0.25, -0.2) is 0 Å². The first-order valence-corrected chi connectivity index (χ1v) is 5.92. The minimum Gasteiger partial charge on any atom is -0.496 e. The average molecular weight is 278 g/mol. The summed E-state index contributed by atoms with van der Waals surface area (Å²) in [6, 6.07) is 5.08. The van der Waals surface area contributed by atoms with Crippen molar-refractivity contribution in [3.05, 3.63) is 17.7 Å². The lowest BCUT2D eigenvalue weighted by Gasteiger charge is -2.19. The number of carbonyl (C=O) groups is 1. The third-order valence-corrected chi connectivity index (χ3v) is 2.66. The van der Waals surface area contributed by atoms with E-state index in [4.69, 9.17) is 19.5 Å². The van der Waals surface area contributed by atoms with Crippen LogP contribution in [0.2, 0.25) is 0 Å². The highest BCUT2D eigenvalue weighted by Crippen LogP contribution is 2.34. The van der Waals surface area contributed by atoms with E-state index in [2.05, 4.69) is 5.32 Å². The largest absolute Gasteiger partial charge is 0.496 e. The van der Waals surface area contributed by atoms with Gasteiger partial charge >= 0.3 is 0 Å². The summed E-state index contributed by atoms with van der Waals surface area (Å²) in [5, 5.41) is 11.6. The van der Waals surface area contributed by atoms with Crippen LogP contribution in [0.4, 0.5) is 0 Å². The summed E-state index contributed by atoms with van der Waals surface area (Å²) in [4.78, 5) is 12.2. The van der Waals surface area contributed by atoms with Gasteiger partial charge in [0.05, 0.1) is 33.0 Å². The molecule has 0 heterocycles. The molecule has 0 saturated carbocycles. The summed E-state index contributed by atoms with van der Waals surface area (Å²) in [5.74, 6) is 0.789. The van der Waals surface area contributed by atoms with E-state index in [1.165, 1.54) is 27.4 Å². The summed E-state index contributed by atoms with van der Waals surface area (Å²) in [6.07, 6.45) is 0. The molecule has 0 bridgehead atoms. The molecule has 0 aromatic heterocycles. The molecule has 108 valence electrons. The molecule has 0 aliphatic rings. The summed E-state index contributed by atoms with van der Waals surface area (Å²) >= 11 is 0. The SMILES string of the molecule is COc1cc(OC)c(C(=O)NC(C)(C)C#N)cc1OC. The molecular formula is C14H18N2O4. The van der Waals surface area contributed by atoms with Crippen LogP contribution in [0, 0.1) is 11.3 Å². The van der Waals surface area contributed by atoms with Crippen LogP contribution >= 0.6 is 0 Å². The fourth-order valence-corrected chi connectivity index (χ4v) is 1.59. The van der Waals surface area contributed by atoms with Crippen LogP contribution in [0.15, 0.2) is 12.1 Å². The first-order chi connectivity index (χ1) is 9.38. The van der Waals surface area contributed by atoms with Crippen LogP contribution in [-0.4, -0.2) is 32.8 Å². The lowest BCUT2D eigenvalue weighted by atomic mass is 10.1. The van der Waals surface area contributed by atoms with Gasteiger partial charge in [0, 0.05) is 12.1 Å². The fourth-order valence-electron chi connectivity index (χ4n) is 1.59. The molecule has 1 rings (SSSR count). The Morgan fingerprint density at radius 2 is 1.60 bits per heavy atom. The van der Waals surface area contributed by atoms with Crippen molar-refractivity contribution in [1.82, 2.24) is 5.32 Å². The number of benzene rings is 1. The molecule has 20 heavy (non-hydrogen) atoms. The maximum absolute atomic E-state index is 12.2. The molecule has 6 nitrogen and oxygen atoms in total. The fraction of sp³-hybridized carbons (Fsp3) is 0.429. The molecule has 0 spiro atoms. The topological polar surface area (TPSA) is 80.6 Å². The second kappa shape index (κ2) is 6.15. The standard InChI is InChI=1S/C14H18N2O4/c1-14(2,8-15)16-13(17)9-6-11(19-4)12(20-5)7-10(9)18-3/h6-7H,1-5H3,(H,16,17). The highest BCUT2D eigenvalue weighted by atomic mass is 16.5. The van der Waals surface area contributed by atoms with Gasteiger partial charge in [-0.2, -0.15) is 5.26 Å². The number of hydrogen-bond acceptors (Lipinski definition) is 5. The van der Waals surface area contributed by atoms with Crippen LogP contribution in [0.25, 0.3) is 0 Å². The highest BCUT2D eigenvalue weighted by molar-refractivity contribution is 5.98. The van der Waals surface area contributed by atoms with Crippen molar-refractivity contribution in [3.63, 3.8) is 0 Å². The van der Waals surface area contributed by atoms with Crippen molar-refractivity contribution < 1.29 is 19.0 Å². The quantitative estimate of drug-likeness (QED) is 0.887. The molecule has 0 aliphatic heterocycles. The van der Waals surface area contributed by atoms with Gasteiger partial charge in [0.25, 0.3) is 5.91 Å². The molecule has 1 N–H and O–H groups in total. The van der Waals surface area contributed by atoms with Crippen molar-refractivity contribution >= 4 is 5.91 Å². The maximum Gasteiger partial charge on any atom is 0.256 e. The molecule has 6 heteroatoms. The monoisotopic (exact) mass is 278 g/mol. The van der Waals surface area contributed by atoms with E-state index in [0.29, 0.717) is 17.2 Å². The Bertz CT molecular complexity index is 547. The summed E-state index contributed by atoms with van der Waals surface area (Å²) in [5.41, 5.74) is -0.705. The van der Waals surface area contributed by atoms with E-state index in [1.807, 2.05) is 6.07 Å². The normalized spacial score (nSPS) is 10.4. The van der Waals surface area contributed by atoms with Crippen LogP contribution < -0.4 is 19.5 Å². The zero-order chi connectivity index (χ0) is 15.3. The molecule has 0 saturated heterocycles. The lowest BCUT2D eigenvalue weighted by Crippen LogP contribution is -2.42. The predicted octanol–water partition coefficient (Wildman–Crippen LogP) is 1.74. The van der Waals surface area contributed by atoms with Crippen molar-refractivity contribution in [3.8, 4) is 23.3 Å². The number of hydrogen-bond donors (Lipinski definition) is 1. The van der Waals surface area contributed by atoms with E-state index in [9.17, 15) is 4.79 Å². The zero-order valence-corrected chi connectivity index (χ0v) is 12.2. The van der Waals surface area contributed by atoms with Gasteiger partial charge in [-0.1, -0.05) is 0 Å². The number of rotatable bonds is 5. The van der Waals surface area contributed by atoms with E-state index in [-0.39, 0.29) is 5.56 Å². The second-order valence-corrected chi connectivity index (χ2v) is 4.60. The van der Waals surface area contributed by atoms with E-state index < -0.39 is 11.4 Å². The Balaban J connectivity index is 3.23. The van der Waals surface area contributed by atoms with Crippen molar-refractivity contribution in [1.29, 1.82) is 5.26 Å². The molecule has 1 aromatic carbocycles. The van der Waals surface area contributed by atoms with Crippen molar-refractivity contribution in [2.45, 2.75) is 19.4 Å². The van der Waals surface area contributed by atoms with Crippen LogP contribution in [0.5, 0.6) is 17.2 Å². The number of carbonyl (C=O) groups excluding carboxylic acids is 1. The molecule has 0 atom stereocenters. The number of ether oxygens (including phenoxy) is 3. The van der Waals surface area contributed by atoms with E-state index >= 15 is 0 Å². The second-order valence-electron chi connectivity index (χ2n) is 4.60. The first-order valence-electron chi connectivity index (χ1n) is 5.92. The van der Waals surface area contributed by atoms with Gasteiger partial charge < -0.3 is 19.5 Å². The predicted molar refractivity (Wildman–Crippen MR) is 73.3 cm³/mol. The zero-order valence-electron chi connectivity index (χ0n) is 12.2. The Kier molecular flexibility index (Phi) is 4.81. The Morgan fingerprint density at radius 1 is 1.10 bits per heavy atom. The molecule has 0 radical (unpaired) electrons. The van der Waals surface area contributed by atoms with Crippen molar-refractivity contribution in [2.24, 2.45) is 0 Å². The number of methoxy groups -OCH3 is 3. The molecular weight excluding hydrogens is 260 g/mol. The Labute approximate surface area is 118 Å². The van der Waals surface area contributed by atoms with Crippen LogP contribution in [-0.2, 0) is 0 Å². The number of amides is 1. The summed E-state index contributed by atoms with van der Waals surface area (Å²) < 4.78 is 15.5. The van der Waals surface area contributed by atoms with E-state index in [0.717, 1.165) is 0 Å². The van der Waals surface area contributed by atoms with E-state index in [1.54, 1.807) is 19.9 Å². The van der Waals surface area contributed by atoms with Crippen molar-refractivity contribution in [2.75, 3.05) is 21.3 Å².